The van der Waals surface area contributed by atoms with E-state index >= 15 is 0 Å². The van der Waals surface area contributed by atoms with Crippen molar-refractivity contribution in [3.05, 3.63) is 29.8 Å². The van der Waals surface area contributed by atoms with Gasteiger partial charge in [0.1, 0.15) is 0 Å². The zero-order valence-electron chi connectivity index (χ0n) is 17.0. The highest BCUT2D eigenvalue weighted by Crippen LogP contribution is 2.31. The van der Waals surface area contributed by atoms with E-state index in [9.17, 15) is 9.59 Å². The molecule has 0 spiro atoms. The van der Waals surface area contributed by atoms with Gasteiger partial charge in [-0.3, -0.25) is 9.59 Å². The number of hydrogen-bond donors (Lipinski definition) is 2. The lowest BCUT2D eigenvalue weighted by atomic mass is 9.78. The van der Waals surface area contributed by atoms with Crippen LogP contribution in [0.15, 0.2) is 24.3 Å². The van der Waals surface area contributed by atoms with E-state index in [1.165, 1.54) is 0 Å². The van der Waals surface area contributed by atoms with E-state index in [2.05, 4.69) is 22.6 Å². The molecule has 1 aromatic carbocycles. The molecule has 0 aliphatic carbocycles. The van der Waals surface area contributed by atoms with Gasteiger partial charge < -0.3 is 25.2 Å². The summed E-state index contributed by atoms with van der Waals surface area (Å²) >= 11 is 0. The third-order valence-electron chi connectivity index (χ3n) is 5.89. The molecule has 0 aromatic heterocycles. The second-order valence-electron chi connectivity index (χ2n) is 7.98. The van der Waals surface area contributed by atoms with E-state index < -0.39 is 5.41 Å². The third-order valence-corrected chi connectivity index (χ3v) is 5.89. The zero-order chi connectivity index (χ0) is 20.0. The number of carbonyl (C=O) groups is 2. The van der Waals surface area contributed by atoms with E-state index in [1.807, 2.05) is 29.2 Å². The van der Waals surface area contributed by atoms with Crippen LogP contribution in [-0.2, 0) is 20.7 Å². The van der Waals surface area contributed by atoms with E-state index in [0.29, 0.717) is 13.0 Å². The van der Waals surface area contributed by atoms with Crippen molar-refractivity contribution >= 4 is 17.5 Å². The maximum Gasteiger partial charge on any atom is 0.233 e. The summed E-state index contributed by atoms with van der Waals surface area (Å²) in [5.41, 5.74) is 1.25. The zero-order valence-corrected chi connectivity index (χ0v) is 17.0. The fourth-order valence-electron chi connectivity index (χ4n) is 3.93. The average molecular weight is 389 g/mol. The highest BCUT2D eigenvalue weighted by atomic mass is 16.5. The first kappa shape index (κ1) is 20.8. The lowest BCUT2D eigenvalue weighted by molar-refractivity contribution is -0.132. The Labute approximate surface area is 167 Å². The van der Waals surface area contributed by atoms with Gasteiger partial charge in [0.2, 0.25) is 11.8 Å². The van der Waals surface area contributed by atoms with Crippen LogP contribution in [0.25, 0.3) is 0 Å². The fraction of sp³-hybridized carbons (Fsp3) is 0.619. The number of nitrogens with one attached hydrogen (secondary N) is 2. The normalized spacial score (nSPS) is 20.0. The number of likely N-dealkylation sites (N-methyl/N-ethyl adjacent to an activating group) is 1. The van der Waals surface area contributed by atoms with Crippen LogP contribution in [0.1, 0.15) is 18.4 Å². The van der Waals surface area contributed by atoms with Crippen molar-refractivity contribution in [3.63, 3.8) is 0 Å². The van der Waals surface area contributed by atoms with Gasteiger partial charge in [0.15, 0.2) is 0 Å². The molecule has 7 heteroatoms. The summed E-state index contributed by atoms with van der Waals surface area (Å²) in [5.74, 6) is 0.177. The van der Waals surface area contributed by atoms with Crippen LogP contribution in [0.5, 0.6) is 0 Å². The first-order chi connectivity index (χ1) is 13.5. The summed E-state index contributed by atoms with van der Waals surface area (Å²) in [5, 5.41) is 6.34. The van der Waals surface area contributed by atoms with Crippen molar-refractivity contribution in [3.8, 4) is 0 Å². The van der Waals surface area contributed by atoms with Crippen LogP contribution in [0.3, 0.4) is 0 Å². The molecule has 154 valence electrons. The van der Waals surface area contributed by atoms with E-state index in [-0.39, 0.29) is 11.8 Å². The number of piperazine rings is 1. The molecule has 0 radical (unpaired) electrons. The minimum absolute atomic E-state index is 0.0112. The largest absolute Gasteiger partial charge is 0.384 e. The molecule has 0 saturated carbocycles. The molecule has 2 amide bonds. The molecule has 28 heavy (non-hydrogen) atoms. The average Bonchev–Trinajstić information content (AvgIpc) is 2.71. The quantitative estimate of drug-likeness (QED) is 0.759. The topological polar surface area (TPSA) is 73.9 Å². The van der Waals surface area contributed by atoms with Crippen LogP contribution >= 0.6 is 0 Å². The van der Waals surface area contributed by atoms with Crippen molar-refractivity contribution in [2.45, 2.75) is 19.3 Å². The molecular weight excluding hydrogens is 356 g/mol. The van der Waals surface area contributed by atoms with Gasteiger partial charge in [-0.05, 0) is 50.7 Å². The van der Waals surface area contributed by atoms with Gasteiger partial charge in [0.05, 0.1) is 18.4 Å². The number of methoxy groups -OCH3 is 1. The van der Waals surface area contributed by atoms with Crippen LogP contribution in [0, 0.1) is 5.41 Å². The minimum Gasteiger partial charge on any atom is -0.384 e. The maximum atomic E-state index is 12.9. The number of carbonyl (C=O) groups excluding carboxylic acids is 2. The Morgan fingerprint density at radius 3 is 2.36 bits per heavy atom. The minimum atomic E-state index is -0.476. The summed E-state index contributed by atoms with van der Waals surface area (Å²) in [7, 11) is 3.72. The van der Waals surface area contributed by atoms with Crippen LogP contribution < -0.4 is 10.6 Å². The Kier molecular flexibility index (Phi) is 7.04. The fourth-order valence-corrected chi connectivity index (χ4v) is 3.93. The van der Waals surface area contributed by atoms with E-state index in [4.69, 9.17) is 4.74 Å². The number of ether oxygens (including phenoxy) is 1. The van der Waals surface area contributed by atoms with Gasteiger partial charge in [0, 0.05) is 39.0 Å². The smallest absolute Gasteiger partial charge is 0.233 e. The highest BCUT2D eigenvalue weighted by Gasteiger charge is 2.39. The van der Waals surface area contributed by atoms with Crippen molar-refractivity contribution in [2.24, 2.45) is 5.41 Å². The molecular formula is C21H32N4O3. The summed E-state index contributed by atoms with van der Waals surface area (Å²) in [6.45, 7) is 5.51. The molecule has 2 N–H and O–H groups in total. The van der Waals surface area contributed by atoms with Crippen LogP contribution in [-0.4, -0.2) is 81.6 Å². The molecule has 1 aromatic rings. The molecule has 7 nitrogen and oxygen atoms in total. The summed E-state index contributed by atoms with van der Waals surface area (Å²) in [6.07, 6.45) is 1.94. The number of hydrogen-bond acceptors (Lipinski definition) is 5. The Balaban J connectivity index is 1.56. The number of benzene rings is 1. The molecule has 2 fully saturated rings. The summed E-state index contributed by atoms with van der Waals surface area (Å²) in [6, 6.07) is 7.61. The predicted molar refractivity (Wildman–Crippen MR) is 109 cm³/mol. The lowest BCUT2D eigenvalue weighted by Crippen LogP contribution is -2.47. The third kappa shape index (κ3) is 5.10. The van der Waals surface area contributed by atoms with Crippen molar-refractivity contribution in [1.29, 1.82) is 0 Å². The van der Waals surface area contributed by atoms with Gasteiger partial charge in [0.25, 0.3) is 0 Å². The van der Waals surface area contributed by atoms with Crippen molar-refractivity contribution in [2.75, 3.05) is 65.3 Å². The number of piperidine rings is 1. The Morgan fingerprint density at radius 1 is 1.11 bits per heavy atom. The second-order valence-corrected chi connectivity index (χ2v) is 7.98. The monoisotopic (exact) mass is 388 g/mol. The van der Waals surface area contributed by atoms with Gasteiger partial charge in [-0.15, -0.1) is 0 Å². The van der Waals surface area contributed by atoms with Crippen LogP contribution in [0.4, 0.5) is 5.69 Å². The second kappa shape index (κ2) is 9.49. The van der Waals surface area contributed by atoms with Crippen LogP contribution in [0.2, 0.25) is 0 Å². The molecule has 0 atom stereocenters. The predicted octanol–water partition coefficient (Wildman–Crippen LogP) is 0.958. The molecule has 2 aliphatic heterocycles. The first-order valence-electron chi connectivity index (χ1n) is 10.1. The van der Waals surface area contributed by atoms with Gasteiger partial charge in [-0.2, -0.15) is 0 Å². The first-order valence-corrected chi connectivity index (χ1v) is 10.1. The number of anilines is 1. The van der Waals surface area contributed by atoms with Crippen molar-refractivity contribution < 1.29 is 14.3 Å². The molecule has 0 bridgehead atoms. The maximum absolute atomic E-state index is 12.9. The van der Waals surface area contributed by atoms with Gasteiger partial charge in [-0.25, -0.2) is 0 Å². The number of nitrogens with zero attached hydrogens (tertiary/aromatic N) is 2. The van der Waals surface area contributed by atoms with Gasteiger partial charge in [-0.1, -0.05) is 12.1 Å². The Bertz CT molecular complexity index is 657. The molecule has 2 saturated heterocycles. The van der Waals surface area contributed by atoms with Crippen molar-refractivity contribution in [1.82, 2.24) is 15.1 Å². The number of amides is 2. The SMILES string of the molecule is COCC1(C(=O)Nc2ccc(CC(=O)N3CCN(C)CC3)cc2)CCNCC1. The Morgan fingerprint density at radius 2 is 1.75 bits per heavy atom. The number of rotatable bonds is 6. The molecule has 2 heterocycles. The van der Waals surface area contributed by atoms with E-state index in [1.54, 1.807) is 7.11 Å². The highest BCUT2D eigenvalue weighted by molar-refractivity contribution is 5.95. The molecule has 3 rings (SSSR count). The standard InChI is InChI=1S/C21H32N4O3/c1-24-11-13-25(14-12-24)19(26)15-17-3-5-18(6-4-17)23-20(27)21(16-28-2)7-9-22-10-8-21/h3-6,22H,7-16H2,1-2H3,(H,23,27). The molecule has 2 aliphatic rings. The summed E-state index contributed by atoms with van der Waals surface area (Å²) in [4.78, 5) is 29.5. The molecule has 0 unspecified atom stereocenters. The summed E-state index contributed by atoms with van der Waals surface area (Å²) < 4.78 is 5.34. The van der Waals surface area contributed by atoms with E-state index in [0.717, 1.165) is 63.4 Å². The van der Waals surface area contributed by atoms with Gasteiger partial charge >= 0.3 is 0 Å². The lowest BCUT2D eigenvalue weighted by Gasteiger charge is -2.35. The Hall–Kier alpha value is -1.96.